The Morgan fingerprint density at radius 3 is 2.83 bits per heavy atom. The van der Waals surface area contributed by atoms with E-state index in [1.54, 1.807) is 10.8 Å². The third-order valence-corrected chi connectivity index (χ3v) is 3.06. The Morgan fingerprint density at radius 1 is 1.33 bits per heavy atom. The summed E-state index contributed by atoms with van der Waals surface area (Å²) >= 11 is 6.84. The second-order valence-electron chi connectivity index (χ2n) is 2.42. The van der Waals surface area contributed by atoms with Crippen LogP contribution in [-0.4, -0.2) is 14.6 Å². The second kappa shape index (κ2) is 2.81. The highest BCUT2D eigenvalue weighted by molar-refractivity contribution is 9.11. The number of aryl methyl sites for hydroxylation is 1. The van der Waals surface area contributed by atoms with Crippen molar-refractivity contribution < 1.29 is 0 Å². The van der Waals surface area contributed by atoms with Gasteiger partial charge in [-0.1, -0.05) is 0 Å². The third kappa shape index (κ3) is 1.08. The monoisotopic (exact) mass is 289 g/mol. The van der Waals surface area contributed by atoms with E-state index >= 15 is 0 Å². The molecule has 5 heteroatoms. The lowest BCUT2D eigenvalue weighted by atomic mass is 10.4. The molecule has 0 spiro atoms. The first kappa shape index (κ1) is 8.19. The van der Waals surface area contributed by atoms with Gasteiger partial charge in [0.2, 0.25) is 0 Å². The molecule has 2 rings (SSSR count). The molecule has 0 radical (unpaired) electrons. The lowest BCUT2D eigenvalue weighted by Gasteiger charge is -2.01. The molecule has 0 aliphatic heterocycles. The number of aromatic nitrogens is 3. The smallest absolute Gasteiger partial charge is 0.169 e. The molecule has 3 nitrogen and oxygen atoms in total. The molecule has 0 amide bonds. The molecule has 0 aliphatic rings. The molecular weight excluding hydrogens is 286 g/mol. The Bertz CT molecular complexity index is 435. The number of pyridine rings is 1. The highest BCUT2D eigenvalue weighted by Gasteiger charge is 2.06. The first-order valence-corrected chi connectivity index (χ1v) is 4.93. The average Bonchev–Trinajstić information content (AvgIpc) is 2.48. The van der Waals surface area contributed by atoms with Crippen LogP contribution in [0.25, 0.3) is 5.65 Å². The van der Waals surface area contributed by atoms with Gasteiger partial charge in [0.15, 0.2) is 5.65 Å². The minimum atomic E-state index is 0.843. The van der Waals surface area contributed by atoms with E-state index in [1.165, 1.54) is 0 Å². The summed E-state index contributed by atoms with van der Waals surface area (Å²) in [6, 6.07) is 1.97. The van der Waals surface area contributed by atoms with Gasteiger partial charge < -0.3 is 0 Å². The van der Waals surface area contributed by atoms with Crippen molar-refractivity contribution in [3.05, 3.63) is 27.0 Å². The van der Waals surface area contributed by atoms with Crippen LogP contribution in [0.3, 0.4) is 0 Å². The molecule has 0 aromatic carbocycles. The maximum atomic E-state index is 4.10. The van der Waals surface area contributed by atoms with Crippen molar-refractivity contribution in [3.63, 3.8) is 0 Å². The van der Waals surface area contributed by atoms with Gasteiger partial charge in [-0.05, 0) is 44.8 Å². The molecule has 0 saturated carbocycles. The van der Waals surface area contributed by atoms with Gasteiger partial charge in [-0.2, -0.15) is 5.10 Å². The van der Waals surface area contributed by atoms with Gasteiger partial charge in [-0.15, -0.1) is 0 Å². The summed E-state index contributed by atoms with van der Waals surface area (Å²) in [5, 5.41) is 4.09. The van der Waals surface area contributed by atoms with Crippen LogP contribution < -0.4 is 0 Å². The average molecular weight is 291 g/mol. The Hall–Kier alpha value is -0.420. The van der Waals surface area contributed by atoms with Crippen LogP contribution in [0.15, 0.2) is 21.3 Å². The fraction of sp³-hybridized carbons (Fsp3) is 0.143. The first-order valence-electron chi connectivity index (χ1n) is 3.34. The van der Waals surface area contributed by atoms with Gasteiger partial charge in [0.1, 0.15) is 6.33 Å². The molecule has 2 heterocycles. The van der Waals surface area contributed by atoms with Crippen molar-refractivity contribution in [2.24, 2.45) is 0 Å². The van der Waals surface area contributed by atoms with Crippen molar-refractivity contribution in [3.8, 4) is 0 Å². The summed E-state index contributed by atoms with van der Waals surface area (Å²) in [4.78, 5) is 4.10. The first-order chi connectivity index (χ1) is 5.70. The summed E-state index contributed by atoms with van der Waals surface area (Å²) in [5.41, 5.74) is 1.89. The van der Waals surface area contributed by atoms with Crippen LogP contribution in [0.2, 0.25) is 0 Å². The highest BCUT2D eigenvalue weighted by atomic mass is 79.9. The van der Waals surface area contributed by atoms with E-state index < -0.39 is 0 Å². The van der Waals surface area contributed by atoms with E-state index in [1.807, 2.05) is 13.0 Å². The van der Waals surface area contributed by atoms with Crippen LogP contribution in [0.4, 0.5) is 0 Å². The summed E-state index contributed by atoms with van der Waals surface area (Å²) < 4.78 is 3.75. The Balaban J connectivity index is 2.97. The molecule has 62 valence electrons. The molecule has 0 fully saturated rings. The lowest BCUT2D eigenvalue weighted by Crippen LogP contribution is -1.94. The molecule has 0 atom stereocenters. The molecule has 12 heavy (non-hydrogen) atoms. The van der Waals surface area contributed by atoms with Gasteiger partial charge in [0.25, 0.3) is 0 Å². The topological polar surface area (TPSA) is 30.2 Å². The van der Waals surface area contributed by atoms with Crippen molar-refractivity contribution >= 4 is 37.5 Å². The number of hydrogen-bond acceptors (Lipinski definition) is 2. The van der Waals surface area contributed by atoms with Crippen LogP contribution in [0.5, 0.6) is 0 Å². The van der Waals surface area contributed by atoms with E-state index in [0.717, 1.165) is 20.3 Å². The maximum Gasteiger partial charge on any atom is 0.169 e. The molecule has 0 aliphatic carbocycles. The van der Waals surface area contributed by atoms with Crippen molar-refractivity contribution in [1.29, 1.82) is 0 Å². The molecule has 0 unspecified atom stereocenters. The number of rotatable bonds is 0. The fourth-order valence-electron chi connectivity index (χ4n) is 1.03. The summed E-state index contributed by atoms with van der Waals surface area (Å²) in [5.74, 6) is 0. The van der Waals surface area contributed by atoms with Crippen LogP contribution >= 0.6 is 31.9 Å². The summed E-state index contributed by atoms with van der Waals surface area (Å²) in [6.45, 7) is 1.98. The highest BCUT2D eigenvalue weighted by Crippen LogP contribution is 2.24. The van der Waals surface area contributed by atoms with Gasteiger partial charge >= 0.3 is 0 Å². The quantitative estimate of drug-likeness (QED) is 0.746. The Morgan fingerprint density at radius 2 is 2.08 bits per heavy atom. The molecule has 0 saturated heterocycles. The maximum absolute atomic E-state index is 4.10. The number of hydrogen-bond donors (Lipinski definition) is 0. The lowest BCUT2D eigenvalue weighted by molar-refractivity contribution is 0.905. The Labute approximate surface area is 86.1 Å². The van der Waals surface area contributed by atoms with Crippen molar-refractivity contribution in [1.82, 2.24) is 14.6 Å². The number of nitrogens with zero attached hydrogens (tertiary/aromatic N) is 3. The zero-order valence-corrected chi connectivity index (χ0v) is 9.42. The van der Waals surface area contributed by atoms with Crippen LogP contribution in [0.1, 0.15) is 5.69 Å². The van der Waals surface area contributed by atoms with E-state index in [9.17, 15) is 0 Å². The predicted octanol–water partition coefficient (Wildman–Crippen LogP) is 2.56. The molecule has 0 bridgehead atoms. The minimum absolute atomic E-state index is 0.843. The standard InChI is InChI=1S/C7H5Br2N3/c1-4-5(8)2-6(9)7-10-3-11-12(4)7/h2-3H,1H3. The molecule has 0 N–H and O–H groups in total. The molecule has 2 aromatic rings. The van der Waals surface area contributed by atoms with E-state index in [4.69, 9.17) is 0 Å². The fourth-order valence-corrected chi connectivity index (χ4v) is 2.23. The van der Waals surface area contributed by atoms with E-state index in [2.05, 4.69) is 41.9 Å². The minimum Gasteiger partial charge on any atom is -0.216 e. The van der Waals surface area contributed by atoms with Crippen molar-refractivity contribution in [2.45, 2.75) is 6.92 Å². The van der Waals surface area contributed by atoms with E-state index in [0.29, 0.717) is 0 Å². The van der Waals surface area contributed by atoms with Gasteiger partial charge in [0.05, 0.1) is 10.2 Å². The number of halogens is 2. The molecule has 2 aromatic heterocycles. The van der Waals surface area contributed by atoms with Crippen molar-refractivity contribution in [2.75, 3.05) is 0 Å². The second-order valence-corrected chi connectivity index (χ2v) is 4.13. The third-order valence-electron chi connectivity index (χ3n) is 1.68. The number of fused-ring (bicyclic) bond motifs is 1. The zero-order chi connectivity index (χ0) is 8.72. The zero-order valence-electron chi connectivity index (χ0n) is 6.25. The largest absolute Gasteiger partial charge is 0.216 e. The van der Waals surface area contributed by atoms with Gasteiger partial charge in [0, 0.05) is 4.47 Å². The summed E-state index contributed by atoms with van der Waals surface area (Å²) in [6.07, 6.45) is 1.54. The summed E-state index contributed by atoms with van der Waals surface area (Å²) in [7, 11) is 0. The van der Waals surface area contributed by atoms with Crippen LogP contribution in [-0.2, 0) is 0 Å². The Kier molecular flexibility index (Phi) is 1.92. The van der Waals surface area contributed by atoms with Gasteiger partial charge in [-0.3, -0.25) is 0 Å². The van der Waals surface area contributed by atoms with E-state index in [-0.39, 0.29) is 0 Å². The molecular formula is C7H5Br2N3. The SMILES string of the molecule is Cc1c(Br)cc(Br)c2ncnn12. The normalized spacial score (nSPS) is 10.9. The predicted molar refractivity (Wildman–Crippen MR) is 53.1 cm³/mol. The van der Waals surface area contributed by atoms with Crippen LogP contribution in [0, 0.1) is 6.92 Å². The van der Waals surface area contributed by atoms with Gasteiger partial charge in [-0.25, -0.2) is 9.50 Å².